The second-order valence-electron chi connectivity index (χ2n) is 6.91. The highest BCUT2D eigenvalue weighted by Crippen LogP contribution is 2.31. The summed E-state index contributed by atoms with van der Waals surface area (Å²) >= 11 is 12.0. The number of hydrogen-bond acceptors (Lipinski definition) is 4. The van der Waals surface area contributed by atoms with E-state index in [1.165, 1.54) is 0 Å². The van der Waals surface area contributed by atoms with Crippen LogP contribution in [-0.2, 0) is 9.59 Å². The highest BCUT2D eigenvalue weighted by atomic mass is 35.5. The highest BCUT2D eigenvalue weighted by molar-refractivity contribution is 6.39. The number of anilines is 2. The van der Waals surface area contributed by atoms with E-state index in [0.29, 0.717) is 54.7 Å². The number of halogens is 2. The molecule has 1 saturated heterocycles. The zero-order valence-corrected chi connectivity index (χ0v) is 17.4. The van der Waals surface area contributed by atoms with Crippen LogP contribution in [0.4, 0.5) is 11.4 Å². The first-order valence-corrected chi connectivity index (χ1v) is 10.2. The van der Waals surface area contributed by atoms with E-state index >= 15 is 0 Å². The van der Waals surface area contributed by atoms with Gasteiger partial charge in [0, 0.05) is 24.7 Å². The molecule has 0 atom stereocenters. The van der Waals surface area contributed by atoms with E-state index in [1.807, 2.05) is 30.3 Å². The zero-order chi connectivity index (χ0) is 20.8. The minimum Gasteiger partial charge on any atom is -0.493 e. The Morgan fingerprint density at radius 3 is 2.34 bits per heavy atom. The summed E-state index contributed by atoms with van der Waals surface area (Å²) in [5.74, 6) is 0.506. The molecule has 2 aromatic rings. The number of ether oxygens (including phenoxy) is 1. The maximum Gasteiger partial charge on any atom is 0.227 e. The van der Waals surface area contributed by atoms with Crippen molar-refractivity contribution in [3.63, 3.8) is 0 Å². The van der Waals surface area contributed by atoms with E-state index < -0.39 is 0 Å². The van der Waals surface area contributed by atoms with Gasteiger partial charge in [0.05, 0.1) is 28.8 Å². The highest BCUT2D eigenvalue weighted by Gasteiger charge is 2.27. The fraction of sp³-hybridized carbons (Fsp3) is 0.333. The molecule has 0 aromatic heterocycles. The third-order valence-corrected chi connectivity index (χ3v) is 5.52. The van der Waals surface area contributed by atoms with E-state index in [9.17, 15) is 9.59 Å². The Morgan fingerprint density at radius 1 is 1.10 bits per heavy atom. The number of hydrogen-bond donors (Lipinski definition) is 2. The molecule has 0 saturated carbocycles. The van der Waals surface area contributed by atoms with Gasteiger partial charge in [0.25, 0.3) is 0 Å². The molecule has 3 N–H and O–H groups in total. The topological polar surface area (TPSA) is 84.7 Å². The van der Waals surface area contributed by atoms with Gasteiger partial charge >= 0.3 is 0 Å². The van der Waals surface area contributed by atoms with Crippen molar-refractivity contribution >= 4 is 46.4 Å². The fourth-order valence-corrected chi connectivity index (χ4v) is 3.71. The van der Waals surface area contributed by atoms with Crippen molar-refractivity contribution in [1.29, 1.82) is 0 Å². The SMILES string of the molecule is Nc1c(Cl)cc(NC(=O)C2CCN(C(=O)CCOc3ccccc3)CC2)cc1Cl. The molecular weight excluding hydrogens is 413 g/mol. The third kappa shape index (κ3) is 5.78. The Kier molecular flexibility index (Phi) is 7.23. The summed E-state index contributed by atoms with van der Waals surface area (Å²) in [5, 5.41) is 3.42. The first-order valence-electron chi connectivity index (χ1n) is 9.45. The van der Waals surface area contributed by atoms with Crippen LogP contribution in [0.5, 0.6) is 5.75 Å². The van der Waals surface area contributed by atoms with Gasteiger partial charge in [-0.3, -0.25) is 9.59 Å². The maximum atomic E-state index is 12.5. The summed E-state index contributed by atoms with van der Waals surface area (Å²) in [5.41, 5.74) is 6.51. The molecule has 8 heteroatoms. The minimum absolute atomic E-state index is 0.0388. The molecule has 0 spiro atoms. The van der Waals surface area contributed by atoms with Gasteiger partial charge in [-0.1, -0.05) is 41.4 Å². The minimum atomic E-state index is -0.172. The molecule has 3 rings (SSSR count). The molecule has 6 nitrogen and oxygen atoms in total. The van der Waals surface area contributed by atoms with Crippen LogP contribution in [0.1, 0.15) is 19.3 Å². The number of benzene rings is 2. The standard InChI is InChI=1S/C21H23Cl2N3O3/c22-17-12-15(13-18(23)20(17)24)25-21(28)14-6-9-26(10-7-14)19(27)8-11-29-16-4-2-1-3-5-16/h1-5,12-14H,6-11,24H2,(H,25,28). The summed E-state index contributed by atoms with van der Waals surface area (Å²) < 4.78 is 5.58. The van der Waals surface area contributed by atoms with Crippen LogP contribution < -0.4 is 15.8 Å². The molecule has 1 fully saturated rings. The van der Waals surface area contributed by atoms with Crippen molar-refractivity contribution in [3.8, 4) is 5.75 Å². The lowest BCUT2D eigenvalue weighted by atomic mass is 9.95. The van der Waals surface area contributed by atoms with Gasteiger partial charge < -0.3 is 20.7 Å². The van der Waals surface area contributed by atoms with Crippen molar-refractivity contribution in [2.45, 2.75) is 19.3 Å². The van der Waals surface area contributed by atoms with E-state index in [2.05, 4.69) is 5.32 Å². The number of piperidine rings is 1. The number of nitrogens with one attached hydrogen (secondary N) is 1. The summed E-state index contributed by atoms with van der Waals surface area (Å²) in [4.78, 5) is 26.7. The monoisotopic (exact) mass is 435 g/mol. The Bertz CT molecular complexity index is 846. The summed E-state index contributed by atoms with van der Waals surface area (Å²) in [6, 6.07) is 12.6. The van der Waals surface area contributed by atoms with Gasteiger partial charge in [-0.2, -0.15) is 0 Å². The van der Waals surface area contributed by atoms with Gasteiger partial charge in [0.1, 0.15) is 5.75 Å². The molecule has 2 aromatic carbocycles. The second-order valence-corrected chi connectivity index (χ2v) is 7.72. The number of rotatable bonds is 6. The van der Waals surface area contributed by atoms with Gasteiger partial charge in [-0.25, -0.2) is 0 Å². The molecule has 154 valence electrons. The average molecular weight is 436 g/mol. The maximum absolute atomic E-state index is 12.5. The van der Waals surface area contributed by atoms with Crippen LogP contribution in [0.3, 0.4) is 0 Å². The average Bonchev–Trinajstić information content (AvgIpc) is 2.72. The Morgan fingerprint density at radius 2 is 1.72 bits per heavy atom. The third-order valence-electron chi connectivity index (χ3n) is 4.89. The predicted molar refractivity (Wildman–Crippen MR) is 115 cm³/mol. The lowest BCUT2D eigenvalue weighted by Crippen LogP contribution is -2.41. The molecule has 2 amide bonds. The molecular formula is C21H23Cl2N3O3. The van der Waals surface area contributed by atoms with Crippen LogP contribution in [-0.4, -0.2) is 36.4 Å². The molecule has 1 heterocycles. The van der Waals surface area contributed by atoms with Gasteiger partial charge in [-0.15, -0.1) is 0 Å². The number of nitrogens with two attached hydrogens (primary N) is 1. The van der Waals surface area contributed by atoms with E-state index in [4.69, 9.17) is 33.7 Å². The Balaban J connectivity index is 1.43. The molecule has 1 aliphatic rings. The molecule has 29 heavy (non-hydrogen) atoms. The number of nitrogens with zero attached hydrogens (tertiary/aromatic N) is 1. The summed E-state index contributed by atoms with van der Waals surface area (Å²) in [6.07, 6.45) is 1.52. The normalized spacial score (nSPS) is 14.5. The number of nitrogen functional groups attached to an aromatic ring is 1. The molecule has 0 radical (unpaired) electrons. The fourth-order valence-electron chi connectivity index (χ4n) is 3.22. The molecule has 1 aliphatic heterocycles. The van der Waals surface area contributed by atoms with Crippen molar-refractivity contribution in [2.24, 2.45) is 5.92 Å². The zero-order valence-electron chi connectivity index (χ0n) is 15.9. The van der Waals surface area contributed by atoms with Gasteiger partial charge in [-0.05, 0) is 37.1 Å². The van der Waals surface area contributed by atoms with Crippen LogP contribution in [0, 0.1) is 5.92 Å². The Labute approximate surface area is 179 Å². The molecule has 0 aliphatic carbocycles. The number of amides is 2. The summed E-state index contributed by atoms with van der Waals surface area (Å²) in [7, 11) is 0. The number of likely N-dealkylation sites (tertiary alicyclic amines) is 1. The van der Waals surface area contributed by atoms with Gasteiger partial charge in [0.15, 0.2) is 0 Å². The molecule has 0 unspecified atom stereocenters. The smallest absolute Gasteiger partial charge is 0.227 e. The Hall–Kier alpha value is -2.44. The van der Waals surface area contributed by atoms with Crippen LogP contribution in [0.2, 0.25) is 10.0 Å². The van der Waals surface area contributed by atoms with Crippen LogP contribution in [0.15, 0.2) is 42.5 Å². The predicted octanol–water partition coefficient (Wildman–Crippen LogP) is 4.22. The van der Waals surface area contributed by atoms with Crippen LogP contribution in [0.25, 0.3) is 0 Å². The van der Waals surface area contributed by atoms with Crippen molar-refractivity contribution in [3.05, 3.63) is 52.5 Å². The van der Waals surface area contributed by atoms with Crippen molar-refractivity contribution in [1.82, 2.24) is 4.90 Å². The van der Waals surface area contributed by atoms with Crippen molar-refractivity contribution < 1.29 is 14.3 Å². The second kappa shape index (κ2) is 9.85. The first kappa shape index (κ1) is 21.3. The largest absolute Gasteiger partial charge is 0.493 e. The lowest BCUT2D eigenvalue weighted by Gasteiger charge is -2.31. The lowest BCUT2D eigenvalue weighted by molar-refractivity contribution is -0.135. The number of carbonyl (C=O) groups excluding carboxylic acids is 2. The van der Waals surface area contributed by atoms with Crippen molar-refractivity contribution in [2.75, 3.05) is 30.7 Å². The van der Waals surface area contributed by atoms with E-state index in [1.54, 1.807) is 17.0 Å². The molecule has 0 bridgehead atoms. The van der Waals surface area contributed by atoms with Gasteiger partial charge in [0.2, 0.25) is 11.8 Å². The number of carbonyl (C=O) groups is 2. The first-order chi connectivity index (χ1) is 13.9. The van der Waals surface area contributed by atoms with E-state index in [-0.39, 0.29) is 23.4 Å². The quantitative estimate of drug-likeness (QED) is 0.664. The summed E-state index contributed by atoms with van der Waals surface area (Å²) in [6.45, 7) is 1.43. The number of para-hydroxylation sites is 1. The van der Waals surface area contributed by atoms with Crippen LogP contribution >= 0.6 is 23.2 Å². The van der Waals surface area contributed by atoms with E-state index in [0.717, 1.165) is 5.75 Å².